The largest absolute Gasteiger partial charge is 0.0628 e. The topological polar surface area (TPSA) is 0 Å². The minimum atomic E-state index is 0.441. The van der Waals surface area contributed by atoms with Crippen LogP contribution >= 0.6 is 0 Å². The Morgan fingerprint density at radius 1 is 0.531 bits per heavy atom. The monoisotopic (exact) mass is 442 g/mol. The fourth-order valence-electron chi connectivity index (χ4n) is 5.45. The minimum absolute atomic E-state index is 0.441. The van der Waals surface area contributed by atoms with E-state index in [4.69, 9.17) is 0 Å². The lowest BCUT2D eigenvalue weighted by atomic mass is 9.78. The van der Waals surface area contributed by atoms with Crippen LogP contribution in [-0.4, -0.2) is 0 Å². The van der Waals surface area contributed by atoms with Crippen LogP contribution in [-0.2, 0) is 6.42 Å². The first-order valence-corrected chi connectivity index (χ1v) is 13.9. The van der Waals surface area contributed by atoms with Crippen LogP contribution in [0.1, 0.15) is 139 Å². The summed E-state index contributed by atoms with van der Waals surface area (Å²) in [5, 5.41) is 0. The summed E-state index contributed by atoms with van der Waals surface area (Å²) in [6.07, 6.45) is 15.2. The van der Waals surface area contributed by atoms with Gasteiger partial charge in [0.2, 0.25) is 0 Å². The summed E-state index contributed by atoms with van der Waals surface area (Å²) >= 11 is 0. The molecule has 2 unspecified atom stereocenters. The highest BCUT2D eigenvalue weighted by molar-refractivity contribution is 5.49. The second-order valence-electron chi connectivity index (χ2n) is 12.6. The molecule has 0 aliphatic carbocycles. The van der Waals surface area contributed by atoms with Crippen molar-refractivity contribution in [1.29, 1.82) is 0 Å². The van der Waals surface area contributed by atoms with Crippen molar-refractivity contribution in [2.75, 3.05) is 0 Å². The van der Waals surface area contributed by atoms with Crippen molar-refractivity contribution in [2.24, 2.45) is 23.2 Å². The van der Waals surface area contributed by atoms with E-state index in [-0.39, 0.29) is 0 Å². The van der Waals surface area contributed by atoms with Crippen LogP contribution in [0.5, 0.6) is 0 Å². The highest BCUT2D eigenvalue weighted by atomic mass is 14.3. The van der Waals surface area contributed by atoms with Gasteiger partial charge in [-0.1, -0.05) is 92.9 Å². The molecule has 0 heterocycles. The zero-order valence-electron chi connectivity index (χ0n) is 24.0. The maximum atomic E-state index is 2.50. The molecule has 0 fully saturated rings. The van der Waals surface area contributed by atoms with Crippen LogP contribution < -0.4 is 0 Å². The van der Waals surface area contributed by atoms with Crippen LogP contribution in [0.25, 0.3) is 0 Å². The van der Waals surface area contributed by atoms with Gasteiger partial charge in [0.15, 0.2) is 0 Å². The van der Waals surface area contributed by atoms with Crippen LogP contribution in [0.15, 0.2) is 0 Å². The summed E-state index contributed by atoms with van der Waals surface area (Å²) in [6, 6.07) is 0. The summed E-state index contributed by atoms with van der Waals surface area (Å²) < 4.78 is 0. The first kappa shape index (κ1) is 29.3. The number of hydrogen-bond acceptors (Lipinski definition) is 0. The third-order valence-electron chi connectivity index (χ3n) is 8.63. The normalized spacial score (nSPS) is 14.2. The van der Waals surface area contributed by atoms with Gasteiger partial charge in [0.05, 0.1) is 0 Å². The molecular formula is C32H58. The zero-order chi connectivity index (χ0) is 24.5. The van der Waals surface area contributed by atoms with Gasteiger partial charge in [0.25, 0.3) is 0 Å². The van der Waals surface area contributed by atoms with E-state index in [1.807, 2.05) is 0 Å². The SMILES string of the molecule is Cc1c(C)c(C)c(CCC(C)(C)CCCC(C)CCCC(C)CCCC(C)C)c(C)c1C. The zero-order valence-corrected chi connectivity index (χ0v) is 24.0. The van der Waals surface area contributed by atoms with E-state index in [0.717, 1.165) is 17.8 Å². The lowest BCUT2D eigenvalue weighted by molar-refractivity contribution is 0.282. The van der Waals surface area contributed by atoms with Crippen molar-refractivity contribution in [1.82, 2.24) is 0 Å². The fourth-order valence-corrected chi connectivity index (χ4v) is 5.45. The predicted molar refractivity (Wildman–Crippen MR) is 147 cm³/mol. The molecule has 0 radical (unpaired) electrons. The quantitative estimate of drug-likeness (QED) is 0.253. The molecule has 0 heteroatoms. The van der Waals surface area contributed by atoms with Crippen LogP contribution in [0.3, 0.4) is 0 Å². The molecule has 0 N–H and O–H groups in total. The molecule has 0 aromatic heterocycles. The number of rotatable bonds is 15. The predicted octanol–water partition coefficient (Wildman–Crippen LogP) is 10.6. The Morgan fingerprint density at radius 2 is 0.938 bits per heavy atom. The van der Waals surface area contributed by atoms with Gasteiger partial charge in [-0.05, 0) is 110 Å². The van der Waals surface area contributed by atoms with Crippen LogP contribution in [0, 0.1) is 57.8 Å². The Labute approximate surface area is 203 Å². The van der Waals surface area contributed by atoms with Crippen molar-refractivity contribution >= 4 is 0 Å². The lowest BCUT2D eigenvalue weighted by Crippen LogP contribution is -2.14. The van der Waals surface area contributed by atoms with Gasteiger partial charge < -0.3 is 0 Å². The molecule has 0 bridgehead atoms. The highest BCUT2D eigenvalue weighted by Crippen LogP contribution is 2.34. The molecule has 0 spiro atoms. The summed E-state index contributed by atoms with van der Waals surface area (Å²) in [7, 11) is 0. The Hall–Kier alpha value is -0.780. The van der Waals surface area contributed by atoms with E-state index in [0.29, 0.717) is 5.41 Å². The molecule has 2 atom stereocenters. The summed E-state index contributed by atoms with van der Waals surface area (Å²) in [6.45, 7) is 26.2. The van der Waals surface area contributed by atoms with Crippen molar-refractivity contribution in [3.05, 3.63) is 33.4 Å². The maximum absolute atomic E-state index is 2.50. The van der Waals surface area contributed by atoms with Gasteiger partial charge in [-0.2, -0.15) is 0 Å². The van der Waals surface area contributed by atoms with E-state index in [2.05, 4.69) is 76.2 Å². The average Bonchev–Trinajstić information content (AvgIpc) is 2.70. The van der Waals surface area contributed by atoms with Gasteiger partial charge in [-0.3, -0.25) is 0 Å². The van der Waals surface area contributed by atoms with Gasteiger partial charge in [-0.15, -0.1) is 0 Å². The molecule has 0 saturated carbocycles. The van der Waals surface area contributed by atoms with E-state index in [9.17, 15) is 0 Å². The van der Waals surface area contributed by atoms with Crippen LogP contribution in [0.4, 0.5) is 0 Å². The molecular weight excluding hydrogens is 384 g/mol. The van der Waals surface area contributed by atoms with Crippen LogP contribution in [0.2, 0.25) is 0 Å². The second kappa shape index (κ2) is 13.8. The van der Waals surface area contributed by atoms with Crippen molar-refractivity contribution < 1.29 is 0 Å². The standard InChI is InChI=1S/C32H58/c1-23(2)15-12-16-24(3)17-13-18-25(4)19-14-21-32(10,11)22-20-31-29(8)27(6)26(5)28(7)30(31)9/h23-25H,12-22H2,1-11H3. The summed E-state index contributed by atoms with van der Waals surface area (Å²) in [4.78, 5) is 0. The smallest absolute Gasteiger partial charge is 0.0268 e. The van der Waals surface area contributed by atoms with E-state index >= 15 is 0 Å². The molecule has 0 aliphatic heterocycles. The Balaban J connectivity index is 2.36. The van der Waals surface area contributed by atoms with E-state index in [1.54, 1.807) is 5.56 Å². The van der Waals surface area contributed by atoms with Crippen molar-refractivity contribution in [3.63, 3.8) is 0 Å². The molecule has 32 heavy (non-hydrogen) atoms. The molecule has 1 aromatic carbocycles. The average molecular weight is 443 g/mol. The van der Waals surface area contributed by atoms with Gasteiger partial charge in [-0.25, -0.2) is 0 Å². The van der Waals surface area contributed by atoms with E-state index in [1.165, 1.54) is 98.4 Å². The van der Waals surface area contributed by atoms with Gasteiger partial charge in [0, 0.05) is 0 Å². The first-order chi connectivity index (χ1) is 14.9. The Morgan fingerprint density at radius 3 is 1.41 bits per heavy atom. The molecule has 0 nitrogen and oxygen atoms in total. The first-order valence-electron chi connectivity index (χ1n) is 13.9. The third kappa shape index (κ3) is 10.0. The van der Waals surface area contributed by atoms with Crippen molar-refractivity contribution in [2.45, 2.75) is 147 Å². The number of hydrogen-bond donors (Lipinski definition) is 0. The van der Waals surface area contributed by atoms with Gasteiger partial charge >= 0.3 is 0 Å². The van der Waals surface area contributed by atoms with E-state index < -0.39 is 0 Å². The molecule has 0 aliphatic rings. The fraction of sp³-hybridized carbons (Fsp3) is 0.812. The Kier molecular flexibility index (Phi) is 12.6. The minimum Gasteiger partial charge on any atom is -0.0628 e. The number of benzene rings is 1. The molecule has 0 amide bonds. The van der Waals surface area contributed by atoms with Crippen molar-refractivity contribution in [3.8, 4) is 0 Å². The summed E-state index contributed by atoms with van der Waals surface area (Å²) in [5.41, 5.74) is 9.63. The molecule has 1 aromatic rings. The highest BCUT2D eigenvalue weighted by Gasteiger charge is 2.20. The maximum Gasteiger partial charge on any atom is -0.0268 e. The molecule has 186 valence electrons. The second-order valence-corrected chi connectivity index (χ2v) is 12.6. The molecule has 1 rings (SSSR count). The van der Waals surface area contributed by atoms with Gasteiger partial charge in [0.1, 0.15) is 0 Å². The lowest BCUT2D eigenvalue weighted by Gasteiger charge is -2.27. The molecule has 0 saturated heterocycles. The Bertz CT molecular complexity index is 647. The summed E-state index contributed by atoms with van der Waals surface area (Å²) in [5.74, 6) is 2.67. The third-order valence-corrected chi connectivity index (χ3v) is 8.63.